The maximum Gasteiger partial charge on any atom is 0.227 e. The molecule has 2 bridgehead atoms. The summed E-state index contributed by atoms with van der Waals surface area (Å²) in [6.07, 6.45) is 11.6. The molecule has 5 nitrogen and oxygen atoms in total. The van der Waals surface area contributed by atoms with E-state index in [0.717, 1.165) is 34.5 Å². The number of rotatable bonds is 3. The molecule has 0 spiro atoms. The van der Waals surface area contributed by atoms with E-state index in [-0.39, 0.29) is 0 Å². The highest BCUT2D eigenvalue weighted by Gasteiger charge is 2.30. The summed E-state index contributed by atoms with van der Waals surface area (Å²) in [5.41, 5.74) is 5.59. The van der Waals surface area contributed by atoms with Gasteiger partial charge in [0.05, 0.1) is 17.1 Å². The van der Waals surface area contributed by atoms with Gasteiger partial charge >= 0.3 is 0 Å². The monoisotopic (exact) mass is 309 g/mol. The molecule has 0 radical (unpaired) electrons. The zero-order valence-corrected chi connectivity index (χ0v) is 14.0. The summed E-state index contributed by atoms with van der Waals surface area (Å²) in [4.78, 5) is 9.26. The van der Waals surface area contributed by atoms with Gasteiger partial charge in [-0.1, -0.05) is 6.08 Å². The van der Waals surface area contributed by atoms with E-state index in [4.69, 9.17) is 4.98 Å². The highest BCUT2D eigenvalue weighted by Crippen LogP contribution is 2.44. The van der Waals surface area contributed by atoms with Crippen LogP contribution in [0.4, 0.5) is 11.6 Å². The molecule has 2 heterocycles. The molecule has 120 valence electrons. The van der Waals surface area contributed by atoms with E-state index in [1.807, 2.05) is 26.4 Å². The molecule has 2 unspecified atom stereocenters. The molecule has 1 fully saturated rings. The Morgan fingerprint density at radius 1 is 1.26 bits per heavy atom. The molecule has 1 N–H and O–H groups in total. The van der Waals surface area contributed by atoms with Crippen LogP contribution in [0.25, 0.3) is 5.57 Å². The van der Waals surface area contributed by atoms with E-state index in [1.165, 1.54) is 31.3 Å². The van der Waals surface area contributed by atoms with Crippen LogP contribution in [0.5, 0.6) is 0 Å². The predicted molar refractivity (Wildman–Crippen MR) is 91.4 cm³/mol. The van der Waals surface area contributed by atoms with Gasteiger partial charge in [-0.05, 0) is 62.5 Å². The van der Waals surface area contributed by atoms with Crippen LogP contribution in [0.1, 0.15) is 42.6 Å². The fourth-order valence-corrected chi connectivity index (χ4v) is 3.96. The Labute approximate surface area is 136 Å². The lowest BCUT2D eigenvalue weighted by atomic mass is 9.87. The number of fused-ring (bicyclic) bond motifs is 2. The lowest BCUT2D eigenvalue weighted by Crippen LogP contribution is -2.08. The summed E-state index contributed by atoms with van der Waals surface area (Å²) in [5.74, 6) is 2.27. The second kappa shape index (κ2) is 5.48. The third-order valence-electron chi connectivity index (χ3n) is 5.06. The summed E-state index contributed by atoms with van der Waals surface area (Å²) in [6.45, 7) is 4.09. The largest absolute Gasteiger partial charge is 0.321 e. The number of aryl methyl sites for hydroxylation is 3. The van der Waals surface area contributed by atoms with E-state index < -0.39 is 0 Å². The summed E-state index contributed by atoms with van der Waals surface area (Å²) < 4.78 is 1.80. The number of hydrogen-bond donors (Lipinski definition) is 1. The summed E-state index contributed by atoms with van der Waals surface area (Å²) >= 11 is 0. The zero-order chi connectivity index (χ0) is 16.0. The minimum Gasteiger partial charge on any atom is -0.321 e. The molecule has 23 heavy (non-hydrogen) atoms. The lowest BCUT2D eigenvalue weighted by molar-refractivity contribution is 0.528. The van der Waals surface area contributed by atoms with Gasteiger partial charge in [-0.25, -0.2) is 9.97 Å². The first-order valence-electron chi connectivity index (χ1n) is 8.40. The Kier molecular flexibility index (Phi) is 3.43. The van der Waals surface area contributed by atoms with Crippen LogP contribution in [-0.4, -0.2) is 19.7 Å². The van der Waals surface area contributed by atoms with Gasteiger partial charge in [-0.15, -0.1) is 0 Å². The normalized spacial score (nSPS) is 23.0. The van der Waals surface area contributed by atoms with Crippen molar-refractivity contribution < 1.29 is 0 Å². The molecule has 2 aromatic heterocycles. The third-order valence-corrected chi connectivity index (χ3v) is 5.06. The molecular formula is C18H23N5. The van der Waals surface area contributed by atoms with Gasteiger partial charge in [0.2, 0.25) is 5.95 Å². The molecule has 0 aliphatic heterocycles. The van der Waals surface area contributed by atoms with Crippen LogP contribution >= 0.6 is 0 Å². The Balaban J connectivity index is 1.65. The molecule has 2 aliphatic rings. The maximum atomic E-state index is 4.81. The molecule has 1 saturated carbocycles. The molecule has 5 heteroatoms. The van der Waals surface area contributed by atoms with Crippen LogP contribution in [0.15, 0.2) is 18.5 Å². The Bertz CT molecular complexity index is 774. The standard InChI is InChI=1S/C18H23N5/c1-11-9-19-18(20-16-10-23(3)22-12(16)2)21-17(11)15-7-13-4-5-14(6-13)8-15/h7,9-10,13-14H,4-6,8H2,1-3H3,(H,19,20,21). The molecule has 0 aromatic carbocycles. The highest BCUT2D eigenvalue weighted by molar-refractivity contribution is 5.68. The molecule has 2 atom stereocenters. The SMILES string of the molecule is Cc1cnc(Nc2cn(C)nc2C)nc1C1=CC2CCC(C1)C2. The number of anilines is 2. The van der Waals surface area contributed by atoms with Crippen molar-refractivity contribution >= 4 is 17.2 Å². The zero-order valence-electron chi connectivity index (χ0n) is 14.0. The average Bonchev–Trinajstić information content (AvgIpc) is 3.02. The van der Waals surface area contributed by atoms with Crippen molar-refractivity contribution in [3.63, 3.8) is 0 Å². The van der Waals surface area contributed by atoms with Crippen molar-refractivity contribution in [2.45, 2.75) is 39.5 Å². The van der Waals surface area contributed by atoms with Crippen molar-refractivity contribution in [1.29, 1.82) is 0 Å². The number of hydrogen-bond acceptors (Lipinski definition) is 4. The van der Waals surface area contributed by atoms with Crippen molar-refractivity contribution in [2.75, 3.05) is 5.32 Å². The number of aromatic nitrogens is 4. The minimum absolute atomic E-state index is 0.653. The van der Waals surface area contributed by atoms with Gasteiger partial charge in [0.25, 0.3) is 0 Å². The number of nitrogens with one attached hydrogen (secondary N) is 1. The second-order valence-electron chi connectivity index (χ2n) is 6.99. The number of allylic oxidation sites excluding steroid dienone is 2. The Hall–Kier alpha value is -2.17. The summed E-state index contributed by atoms with van der Waals surface area (Å²) in [7, 11) is 1.92. The van der Waals surface area contributed by atoms with Gasteiger partial charge in [-0.3, -0.25) is 4.68 Å². The average molecular weight is 309 g/mol. The summed E-state index contributed by atoms with van der Waals surface area (Å²) in [5, 5.41) is 7.66. The first-order valence-corrected chi connectivity index (χ1v) is 8.40. The van der Waals surface area contributed by atoms with Crippen molar-refractivity contribution in [1.82, 2.24) is 19.7 Å². The van der Waals surface area contributed by atoms with E-state index in [2.05, 4.69) is 28.4 Å². The topological polar surface area (TPSA) is 55.6 Å². The smallest absolute Gasteiger partial charge is 0.227 e. The van der Waals surface area contributed by atoms with Crippen LogP contribution in [-0.2, 0) is 7.05 Å². The molecule has 4 rings (SSSR count). The van der Waals surface area contributed by atoms with Gasteiger partial charge in [-0.2, -0.15) is 5.10 Å². The van der Waals surface area contributed by atoms with Gasteiger partial charge < -0.3 is 5.32 Å². The minimum atomic E-state index is 0.653. The molecule has 0 amide bonds. The first kappa shape index (κ1) is 14.4. The third kappa shape index (κ3) is 2.76. The van der Waals surface area contributed by atoms with Gasteiger partial charge in [0.1, 0.15) is 0 Å². The summed E-state index contributed by atoms with van der Waals surface area (Å²) in [6, 6.07) is 0. The quantitative estimate of drug-likeness (QED) is 0.937. The van der Waals surface area contributed by atoms with Crippen molar-refractivity contribution in [2.24, 2.45) is 18.9 Å². The second-order valence-corrected chi connectivity index (χ2v) is 6.99. The molecule has 0 saturated heterocycles. The van der Waals surface area contributed by atoms with Gasteiger partial charge in [0, 0.05) is 19.4 Å². The fraction of sp³-hybridized carbons (Fsp3) is 0.500. The van der Waals surface area contributed by atoms with Crippen molar-refractivity contribution in [3.05, 3.63) is 35.4 Å². The lowest BCUT2D eigenvalue weighted by Gasteiger charge is -2.20. The maximum absolute atomic E-state index is 4.81. The predicted octanol–water partition coefficient (Wildman–Crippen LogP) is 3.77. The van der Waals surface area contributed by atoms with E-state index in [0.29, 0.717) is 5.95 Å². The molecule has 2 aromatic rings. The molecular weight excluding hydrogens is 286 g/mol. The van der Waals surface area contributed by atoms with E-state index in [9.17, 15) is 0 Å². The van der Waals surface area contributed by atoms with Crippen LogP contribution in [0, 0.1) is 25.7 Å². The highest BCUT2D eigenvalue weighted by atomic mass is 15.3. The Morgan fingerprint density at radius 3 is 2.87 bits per heavy atom. The van der Waals surface area contributed by atoms with E-state index >= 15 is 0 Å². The van der Waals surface area contributed by atoms with Crippen LogP contribution in [0.2, 0.25) is 0 Å². The van der Waals surface area contributed by atoms with E-state index in [1.54, 1.807) is 4.68 Å². The van der Waals surface area contributed by atoms with Crippen LogP contribution < -0.4 is 5.32 Å². The van der Waals surface area contributed by atoms with Gasteiger partial charge in [0.15, 0.2) is 0 Å². The first-order chi connectivity index (χ1) is 11.1. The fourth-order valence-electron chi connectivity index (χ4n) is 3.96. The Morgan fingerprint density at radius 2 is 2.13 bits per heavy atom. The molecule has 2 aliphatic carbocycles. The number of nitrogens with zero attached hydrogens (tertiary/aromatic N) is 4. The van der Waals surface area contributed by atoms with Crippen molar-refractivity contribution in [3.8, 4) is 0 Å². The van der Waals surface area contributed by atoms with Crippen LogP contribution in [0.3, 0.4) is 0 Å².